The highest BCUT2D eigenvalue weighted by molar-refractivity contribution is 5.79. The van der Waals surface area contributed by atoms with Crippen molar-refractivity contribution in [1.29, 1.82) is 0 Å². The number of nitrogens with one attached hydrogen (secondary N) is 1. The highest BCUT2D eigenvalue weighted by Gasteiger charge is 2.26. The fourth-order valence-corrected chi connectivity index (χ4v) is 2.09. The van der Waals surface area contributed by atoms with Gasteiger partial charge in [0, 0.05) is 25.1 Å². The molecule has 1 aromatic rings. The van der Waals surface area contributed by atoms with Gasteiger partial charge in [-0.1, -0.05) is 6.42 Å². The van der Waals surface area contributed by atoms with Crippen molar-refractivity contribution in [3.63, 3.8) is 0 Å². The highest BCUT2D eigenvalue weighted by atomic mass is 16.6. The van der Waals surface area contributed by atoms with Gasteiger partial charge in [-0.2, -0.15) is 0 Å². The van der Waals surface area contributed by atoms with Gasteiger partial charge in [0.05, 0.1) is 16.3 Å². The Balaban J connectivity index is 2.63. The Bertz CT molecular complexity index is 654. The van der Waals surface area contributed by atoms with Gasteiger partial charge in [0.1, 0.15) is 0 Å². The molecule has 1 aromatic carbocycles. The van der Waals surface area contributed by atoms with Gasteiger partial charge in [0.15, 0.2) is 0 Å². The van der Waals surface area contributed by atoms with Crippen LogP contribution >= 0.6 is 0 Å². The van der Waals surface area contributed by atoms with E-state index in [1.165, 1.54) is 0 Å². The predicted molar refractivity (Wildman–Crippen MR) is 84.2 cm³/mol. The number of benzene rings is 1. The van der Waals surface area contributed by atoms with Crippen LogP contribution in [0.5, 0.6) is 5.75 Å². The number of hydrogen-bond donors (Lipinski definition) is 3. The number of aromatic hydroxyl groups is 1. The molecule has 0 unspecified atom stereocenters. The molecule has 11 nitrogen and oxygen atoms in total. The van der Waals surface area contributed by atoms with Crippen LogP contribution in [-0.2, 0) is 16.0 Å². The first-order valence-electron chi connectivity index (χ1n) is 7.35. The molecule has 0 saturated carbocycles. The standard InChI is InChI=1S/C14H17N3O8/c18-12(15-5-3-1-2-4-13(19)20)8-9-6-10(16(22)23)14(21)11(7-9)17(24)25/h6-7,21H,1-5,8H2,(H,15,18)(H,19,20). The Morgan fingerprint density at radius 2 is 1.60 bits per heavy atom. The number of hydrogen-bond acceptors (Lipinski definition) is 7. The van der Waals surface area contributed by atoms with Gasteiger partial charge in [-0.3, -0.25) is 29.8 Å². The summed E-state index contributed by atoms with van der Waals surface area (Å²) in [6, 6.07) is 1.82. The summed E-state index contributed by atoms with van der Waals surface area (Å²) in [5, 5.41) is 42.2. The molecule has 0 bridgehead atoms. The van der Waals surface area contributed by atoms with Crippen molar-refractivity contribution in [2.45, 2.75) is 32.1 Å². The van der Waals surface area contributed by atoms with Crippen LogP contribution in [0.1, 0.15) is 31.2 Å². The third kappa shape index (κ3) is 6.41. The average molecular weight is 355 g/mol. The minimum absolute atomic E-state index is 0.0274. The van der Waals surface area contributed by atoms with E-state index in [-0.39, 0.29) is 18.4 Å². The summed E-state index contributed by atoms with van der Waals surface area (Å²) in [4.78, 5) is 41.9. The summed E-state index contributed by atoms with van der Waals surface area (Å²) in [7, 11) is 0. The van der Waals surface area contributed by atoms with E-state index < -0.39 is 38.8 Å². The zero-order valence-electron chi connectivity index (χ0n) is 13.1. The molecule has 0 fully saturated rings. The summed E-state index contributed by atoms with van der Waals surface area (Å²) in [5.74, 6) is -2.44. The zero-order valence-corrected chi connectivity index (χ0v) is 13.1. The lowest BCUT2D eigenvalue weighted by atomic mass is 10.1. The number of nitro groups is 2. The normalized spacial score (nSPS) is 10.2. The molecule has 0 spiro atoms. The van der Waals surface area contributed by atoms with E-state index in [1.807, 2.05) is 0 Å². The minimum Gasteiger partial charge on any atom is -0.497 e. The molecule has 1 rings (SSSR count). The number of rotatable bonds is 10. The second kappa shape index (κ2) is 9.15. The van der Waals surface area contributed by atoms with Crippen molar-refractivity contribution in [3.8, 4) is 5.75 Å². The number of phenolic OH excluding ortho intramolecular Hbond substituents is 1. The van der Waals surface area contributed by atoms with Crippen LogP contribution in [0.3, 0.4) is 0 Å². The summed E-state index contributed by atoms with van der Waals surface area (Å²) in [5.41, 5.74) is -1.66. The summed E-state index contributed by atoms with van der Waals surface area (Å²) < 4.78 is 0. The quantitative estimate of drug-likeness (QED) is 0.321. The molecule has 0 heterocycles. The summed E-state index contributed by atoms with van der Waals surface area (Å²) in [6.45, 7) is 0.292. The van der Waals surface area contributed by atoms with E-state index >= 15 is 0 Å². The summed E-state index contributed by atoms with van der Waals surface area (Å²) >= 11 is 0. The predicted octanol–water partition coefficient (Wildman–Crippen LogP) is 1.51. The molecule has 1 amide bonds. The van der Waals surface area contributed by atoms with Crippen molar-refractivity contribution >= 4 is 23.3 Å². The fourth-order valence-electron chi connectivity index (χ4n) is 2.09. The van der Waals surface area contributed by atoms with Gasteiger partial charge in [-0.15, -0.1) is 0 Å². The van der Waals surface area contributed by atoms with Crippen molar-refractivity contribution in [3.05, 3.63) is 37.9 Å². The smallest absolute Gasteiger partial charge is 0.318 e. The molecular formula is C14H17N3O8. The lowest BCUT2D eigenvalue weighted by molar-refractivity contribution is -0.396. The van der Waals surface area contributed by atoms with Gasteiger partial charge in [0.25, 0.3) is 5.75 Å². The van der Waals surface area contributed by atoms with Crippen LogP contribution in [0.15, 0.2) is 12.1 Å². The maximum absolute atomic E-state index is 11.8. The first-order chi connectivity index (χ1) is 11.7. The average Bonchev–Trinajstić information content (AvgIpc) is 2.51. The molecule has 0 aliphatic heterocycles. The van der Waals surface area contributed by atoms with Crippen LogP contribution in [0.4, 0.5) is 11.4 Å². The lowest BCUT2D eigenvalue weighted by Gasteiger charge is -2.06. The van der Waals surface area contributed by atoms with Crippen LogP contribution < -0.4 is 5.32 Å². The first kappa shape index (κ1) is 19.8. The molecule has 3 N–H and O–H groups in total. The Morgan fingerprint density at radius 1 is 1.04 bits per heavy atom. The molecule has 0 atom stereocenters. The Morgan fingerprint density at radius 3 is 2.08 bits per heavy atom. The third-order valence-corrected chi connectivity index (χ3v) is 3.28. The molecule has 136 valence electrons. The van der Waals surface area contributed by atoms with Gasteiger partial charge in [-0.05, 0) is 18.4 Å². The second-order valence-electron chi connectivity index (χ2n) is 5.23. The maximum atomic E-state index is 11.8. The number of carbonyl (C=O) groups excluding carboxylic acids is 1. The van der Waals surface area contributed by atoms with E-state index in [1.54, 1.807) is 0 Å². The molecule has 25 heavy (non-hydrogen) atoms. The van der Waals surface area contributed by atoms with Crippen molar-refractivity contribution in [1.82, 2.24) is 5.32 Å². The lowest BCUT2D eigenvalue weighted by Crippen LogP contribution is -2.26. The van der Waals surface area contributed by atoms with E-state index in [4.69, 9.17) is 5.11 Å². The van der Waals surface area contributed by atoms with Gasteiger partial charge in [-0.25, -0.2) is 0 Å². The molecule has 0 radical (unpaired) electrons. The number of phenols is 1. The monoisotopic (exact) mass is 355 g/mol. The van der Waals surface area contributed by atoms with E-state index in [2.05, 4.69) is 5.32 Å². The number of unbranched alkanes of at least 4 members (excludes halogenated alkanes) is 2. The molecule has 11 heteroatoms. The summed E-state index contributed by atoms with van der Waals surface area (Å²) in [6.07, 6.45) is 1.39. The van der Waals surface area contributed by atoms with Gasteiger partial charge >= 0.3 is 17.3 Å². The van der Waals surface area contributed by atoms with Crippen LogP contribution in [-0.4, -0.2) is 38.5 Å². The maximum Gasteiger partial charge on any atom is 0.318 e. The van der Waals surface area contributed by atoms with Crippen LogP contribution in [0, 0.1) is 20.2 Å². The topological polar surface area (TPSA) is 173 Å². The number of carboxylic acids is 1. The van der Waals surface area contributed by atoms with Crippen molar-refractivity contribution < 1.29 is 29.6 Å². The first-order valence-corrected chi connectivity index (χ1v) is 7.35. The largest absolute Gasteiger partial charge is 0.497 e. The molecular weight excluding hydrogens is 338 g/mol. The number of carbonyl (C=O) groups is 2. The SMILES string of the molecule is O=C(O)CCCCCNC(=O)Cc1cc([N+](=O)[O-])c(O)c([N+](=O)[O-])c1. The molecule has 0 saturated heterocycles. The number of nitro benzene ring substituents is 2. The van der Waals surface area contributed by atoms with Gasteiger partial charge in [0.2, 0.25) is 5.91 Å². The fraction of sp³-hybridized carbons (Fsp3) is 0.429. The Labute approximate surface area is 141 Å². The molecule has 0 aromatic heterocycles. The number of aliphatic carboxylic acids is 1. The van der Waals surface area contributed by atoms with Crippen LogP contribution in [0.25, 0.3) is 0 Å². The van der Waals surface area contributed by atoms with Crippen molar-refractivity contribution in [2.75, 3.05) is 6.54 Å². The van der Waals surface area contributed by atoms with Crippen LogP contribution in [0.2, 0.25) is 0 Å². The Kier molecular flexibility index (Phi) is 7.25. The number of amides is 1. The molecule has 0 aliphatic carbocycles. The Hall–Kier alpha value is -3.24. The van der Waals surface area contributed by atoms with E-state index in [0.29, 0.717) is 25.8 Å². The third-order valence-electron chi connectivity index (χ3n) is 3.28. The number of nitrogens with zero attached hydrogens (tertiary/aromatic N) is 2. The number of carboxylic acid groups (broad SMARTS) is 1. The zero-order chi connectivity index (χ0) is 19.0. The highest BCUT2D eigenvalue weighted by Crippen LogP contribution is 2.36. The molecule has 0 aliphatic rings. The minimum atomic E-state index is -1.06. The van der Waals surface area contributed by atoms with E-state index in [0.717, 1.165) is 12.1 Å². The van der Waals surface area contributed by atoms with E-state index in [9.17, 15) is 34.9 Å². The van der Waals surface area contributed by atoms with Gasteiger partial charge < -0.3 is 15.5 Å². The van der Waals surface area contributed by atoms with Crippen molar-refractivity contribution in [2.24, 2.45) is 0 Å². The second-order valence-corrected chi connectivity index (χ2v) is 5.23.